The van der Waals surface area contributed by atoms with Gasteiger partial charge in [0, 0.05) is 22.5 Å². The molecule has 8 aromatic carbocycles. The van der Waals surface area contributed by atoms with Crippen molar-refractivity contribution >= 4 is 35.1 Å². The van der Waals surface area contributed by atoms with E-state index >= 15 is 0 Å². The summed E-state index contributed by atoms with van der Waals surface area (Å²) in [6.45, 7) is 4.51. The highest BCUT2D eigenvalue weighted by Crippen LogP contribution is 2.56. The third-order valence-corrected chi connectivity index (χ3v) is 13.0. The number of amides is 2. The Kier molecular flexibility index (Phi) is 15.3. The second kappa shape index (κ2) is 22.8. The minimum Gasteiger partial charge on any atom is -0.462 e. The summed E-state index contributed by atoms with van der Waals surface area (Å²) in [6.07, 6.45) is 14.4. The number of carbonyl (C=O) groups excluding carboxylic acids is 4. The number of rotatable bonds is 18. The fourth-order valence-corrected chi connectivity index (χ4v) is 9.23. The van der Waals surface area contributed by atoms with E-state index < -0.39 is 29.2 Å². The van der Waals surface area contributed by atoms with Crippen LogP contribution in [0.15, 0.2) is 182 Å². The molecule has 10 heteroatoms. The van der Waals surface area contributed by atoms with Gasteiger partial charge in [-0.05, 0) is 155 Å². The molecule has 370 valence electrons. The van der Waals surface area contributed by atoms with E-state index in [1.54, 1.807) is 60.7 Å². The molecule has 0 saturated carbocycles. The zero-order valence-electron chi connectivity index (χ0n) is 41.5. The normalized spacial score (nSPS) is 11.7. The van der Waals surface area contributed by atoms with Gasteiger partial charge in [-0.3, -0.25) is 9.59 Å². The van der Waals surface area contributed by atoms with Crippen LogP contribution in [-0.4, -0.2) is 37.0 Å². The maximum absolute atomic E-state index is 13.5. The van der Waals surface area contributed by atoms with Gasteiger partial charge in [-0.25, -0.2) is 9.59 Å². The van der Waals surface area contributed by atoms with Crippen molar-refractivity contribution in [3.63, 3.8) is 0 Å². The molecule has 0 atom stereocenters. The average molecular weight is 989 g/mol. The maximum atomic E-state index is 13.5. The molecular formula is C65H52N2O8. The molecule has 0 spiro atoms. The van der Waals surface area contributed by atoms with Crippen molar-refractivity contribution in [1.82, 2.24) is 0 Å². The molecule has 9 rings (SSSR count). The van der Waals surface area contributed by atoms with Gasteiger partial charge in [0.25, 0.3) is 11.8 Å². The van der Waals surface area contributed by atoms with E-state index in [0.29, 0.717) is 58.3 Å². The Labute approximate surface area is 436 Å². The van der Waals surface area contributed by atoms with Crippen molar-refractivity contribution < 1.29 is 38.1 Å². The third kappa shape index (κ3) is 10.8. The number of unbranched alkanes of at least 4 members (excludes halogenated alkanes) is 2. The molecule has 0 radical (unpaired) electrons. The summed E-state index contributed by atoms with van der Waals surface area (Å²) in [5, 5.41) is 5.74. The van der Waals surface area contributed by atoms with Crippen molar-refractivity contribution in [3.8, 4) is 58.8 Å². The van der Waals surface area contributed by atoms with E-state index in [1.165, 1.54) is 24.3 Å². The topological polar surface area (TPSA) is 129 Å². The van der Waals surface area contributed by atoms with Crippen molar-refractivity contribution in [1.29, 1.82) is 0 Å². The molecule has 1 aliphatic carbocycles. The van der Waals surface area contributed by atoms with Gasteiger partial charge in [-0.15, -0.1) is 12.8 Å². The third-order valence-electron chi connectivity index (χ3n) is 13.0. The number of terminal acetylenes is 2. The van der Waals surface area contributed by atoms with Crippen LogP contribution < -0.4 is 20.1 Å². The largest absolute Gasteiger partial charge is 0.462 e. The minimum atomic E-state index is -0.693. The van der Waals surface area contributed by atoms with Crippen LogP contribution in [0.5, 0.6) is 23.0 Å². The average Bonchev–Trinajstić information content (AvgIpc) is 3.75. The summed E-state index contributed by atoms with van der Waals surface area (Å²) in [5.74, 6) is 5.23. The lowest BCUT2D eigenvalue weighted by atomic mass is 9.68. The molecule has 2 amide bonds. The number of benzene rings is 8. The highest BCUT2D eigenvalue weighted by Gasteiger charge is 2.46. The Hall–Kier alpha value is -9.64. The zero-order chi connectivity index (χ0) is 52.3. The number of anilines is 2. The quantitative estimate of drug-likeness (QED) is 0.0494. The van der Waals surface area contributed by atoms with Gasteiger partial charge in [0.15, 0.2) is 0 Å². The van der Waals surface area contributed by atoms with Crippen LogP contribution in [0.4, 0.5) is 11.4 Å². The molecule has 75 heavy (non-hydrogen) atoms. The van der Waals surface area contributed by atoms with E-state index in [2.05, 4.69) is 95.3 Å². The van der Waals surface area contributed by atoms with Crippen molar-refractivity contribution in [2.45, 2.75) is 44.9 Å². The van der Waals surface area contributed by atoms with Crippen LogP contribution in [0.2, 0.25) is 0 Å². The Balaban J connectivity index is 0.918. The molecule has 0 bridgehead atoms. The van der Waals surface area contributed by atoms with Crippen LogP contribution in [0.25, 0.3) is 11.1 Å². The smallest absolute Gasteiger partial charge is 0.338 e. The highest BCUT2D eigenvalue weighted by atomic mass is 16.5. The van der Waals surface area contributed by atoms with E-state index in [4.69, 9.17) is 31.8 Å². The molecule has 0 unspecified atom stereocenters. The first-order valence-electron chi connectivity index (χ1n) is 24.8. The van der Waals surface area contributed by atoms with Crippen LogP contribution >= 0.6 is 0 Å². The van der Waals surface area contributed by atoms with Crippen LogP contribution in [0, 0.1) is 24.7 Å². The van der Waals surface area contributed by atoms with E-state index in [9.17, 15) is 19.2 Å². The summed E-state index contributed by atoms with van der Waals surface area (Å²) < 4.78 is 23.5. The van der Waals surface area contributed by atoms with Gasteiger partial charge in [0.05, 0.1) is 40.9 Å². The van der Waals surface area contributed by atoms with Crippen molar-refractivity contribution in [3.05, 3.63) is 238 Å². The second-order valence-corrected chi connectivity index (χ2v) is 17.8. The highest BCUT2D eigenvalue weighted by molar-refractivity contribution is 6.12. The molecule has 2 N–H and O–H groups in total. The fraction of sp³-hybridized carbons (Fsp3) is 0.138. The molecule has 1 aliphatic rings. The summed E-state index contributed by atoms with van der Waals surface area (Å²) in [6, 6.07) is 56.4. The number of hydrogen-bond acceptors (Lipinski definition) is 8. The van der Waals surface area contributed by atoms with Gasteiger partial charge in [0.2, 0.25) is 0 Å². The number of esters is 2. The monoisotopic (exact) mass is 988 g/mol. The molecular weight excluding hydrogens is 937 g/mol. The molecule has 0 fully saturated rings. The fourth-order valence-electron chi connectivity index (χ4n) is 9.23. The van der Waals surface area contributed by atoms with Crippen molar-refractivity contribution in [2.75, 3.05) is 23.8 Å². The Morgan fingerprint density at radius 3 is 1.17 bits per heavy atom. The van der Waals surface area contributed by atoms with Gasteiger partial charge in [-0.2, -0.15) is 0 Å². The molecule has 10 nitrogen and oxygen atoms in total. The number of ether oxygens (including phenoxy) is 4. The number of fused-ring (bicyclic) bond motifs is 3. The van der Waals surface area contributed by atoms with Crippen LogP contribution in [-0.2, 0) is 14.9 Å². The molecule has 8 aromatic rings. The number of carbonyl (C=O) groups is 4. The van der Waals surface area contributed by atoms with Crippen LogP contribution in [0.1, 0.15) is 114 Å². The molecule has 0 aliphatic heterocycles. The lowest BCUT2D eigenvalue weighted by molar-refractivity contribution is 0.0488. The first-order chi connectivity index (χ1) is 36.6. The predicted molar refractivity (Wildman–Crippen MR) is 292 cm³/mol. The number of hydrogen-bond donors (Lipinski definition) is 2. The SMILES string of the molecule is C#Cc1ccc(C(=O)OCCCC)c(C(=O)Nc2ccc(Oc3ccc(C4(c5ccc(Oc6ccc(NC(=O)c7cc(C#C)ccc7C(=O)OCCCC)cc6)cc5)c5ccccc5-c5ccccc54)cc3)cc2)c1. The minimum absolute atomic E-state index is 0.124. The van der Waals surface area contributed by atoms with E-state index in [1.807, 2.05) is 38.1 Å². The first kappa shape index (κ1) is 50.3. The van der Waals surface area contributed by atoms with Gasteiger partial charge in [-0.1, -0.05) is 111 Å². The summed E-state index contributed by atoms with van der Waals surface area (Å²) in [4.78, 5) is 52.8. The van der Waals surface area contributed by atoms with E-state index in [0.717, 1.165) is 46.2 Å². The second-order valence-electron chi connectivity index (χ2n) is 17.8. The summed E-state index contributed by atoms with van der Waals surface area (Å²) in [7, 11) is 0. The standard InChI is InChI=1S/C65H52N2O8/c1-5-9-39-72-63(70)55-37-19-43(7-3)41-57(55)61(68)66-47-25-33-51(34-26-47)74-49-29-21-45(22-30-49)65(59-17-13-11-15-53(59)54-16-12-14-18-60(54)65)46-23-31-50(32-24-46)75-52-35-27-48(28-36-52)67-62(69)58-42-44(8-4)20-38-56(58)64(71)73-40-10-6-2/h3-4,11-38,41-42H,5-6,9-10,39-40H2,1-2H3,(H,66,68)(H,67,69). The van der Waals surface area contributed by atoms with E-state index in [-0.39, 0.29) is 35.5 Å². The summed E-state index contributed by atoms with van der Waals surface area (Å²) >= 11 is 0. The Bertz CT molecular complexity index is 3260. The lowest BCUT2D eigenvalue weighted by Gasteiger charge is -2.34. The summed E-state index contributed by atoms with van der Waals surface area (Å²) in [5.41, 5.74) is 8.39. The molecule has 0 heterocycles. The predicted octanol–water partition coefficient (Wildman–Crippen LogP) is 14.0. The van der Waals surface area contributed by atoms with Gasteiger partial charge < -0.3 is 29.6 Å². The van der Waals surface area contributed by atoms with Crippen LogP contribution in [0.3, 0.4) is 0 Å². The Morgan fingerprint density at radius 1 is 0.453 bits per heavy atom. The molecule has 0 aromatic heterocycles. The van der Waals surface area contributed by atoms with Crippen molar-refractivity contribution in [2.24, 2.45) is 0 Å². The number of nitrogens with one attached hydrogen (secondary N) is 2. The Morgan fingerprint density at radius 2 is 0.813 bits per heavy atom. The maximum Gasteiger partial charge on any atom is 0.338 e. The lowest BCUT2D eigenvalue weighted by Crippen LogP contribution is -2.28. The molecule has 0 saturated heterocycles. The zero-order valence-corrected chi connectivity index (χ0v) is 41.5. The first-order valence-corrected chi connectivity index (χ1v) is 24.8. The van der Waals surface area contributed by atoms with Gasteiger partial charge in [0.1, 0.15) is 23.0 Å². The van der Waals surface area contributed by atoms with Gasteiger partial charge >= 0.3 is 11.9 Å².